The second kappa shape index (κ2) is 6.58. The molecule has 2 heteroatoms. The van der Waals surface area contributed by atoms with Gasteiger partial charge in [-0.3, -0.25) is 0 Å². The zero-order chi connectivity index (χ0) is 14.4. The largest absolute Gasteiger partial charge is 0.456 e. The SMILES string of the molecule is CCC(N)(CC)Cc1ccc[c]c1Oc1ccccc1. The van der Waals surface area contributed by atoms with E-state index in [9.17, 15) is 0 Å². The van der Waals surface area contributed by atoms with Crippen LogP contribution in [-0.2, 0) is 6.42 Å². The summed E-state index contributed by atoms with van der Waals surface area (Å²) < 4.78 is 5.93. The molecule has 2 rings (SSSR count). The van der Waals surface area contributed by atoms with Crippen LogP contribution in [0.5, 0.6) is 11.5 Å². The number of para-hydroxylation sites is 2. The van der Waals surface area contributed by atoms with Crippen LogP contribution in [0.1, 0.15) is 32.3 Å². The van der Waals surface area contributed by atoms with E-state index < -0.39 is 0 Å². The fourth-order valence-electron chi connectivity index (χ4n) is 2.18. The van der Waals surface area contributed by atoms with Gasteiger partial charge in [0.15, 0.2) is 0 Å². The van der Waals surface area contributed by atoms with E-state index in [0.717, 1.165) is 36.3 Å². The van der Waals surface area contributed by atoms with Gasteiger partial charge in [-0.1, -0.05) is 50.2 Å². The van der Waals surface area contributed by atoms with Crippen LogP contribution < -0.4 is 10.5 Å². The molecule has 0 aliphatic rings. The molecule has 0 spiro atoms. The lowest BCUT2D eigenvalue weighted by atomic mass is 9.86. The average Bonchev–Trinajstić information content (AvgIpc) is 2.50. The van der Waals surface area contributed by atoms with E-state index in [1.807, 2.05) is 42.5 Å². The van der Waals surface area contributed by atoms with Gasteiger partial charge in [0.05, 0.1) is 0 Å². The zero-order valence-corrected chi connectivity index (χ0v) is 12.2. The Balaban J connectivity index is 2.22. The van der Waals surface area contributed by atoms with Gasteiger partial charge in [-0.15, -0.1) is 0 Å². The number of hydrogen-bond acceptors (Lipinski definition) is 2. The van der Waals surface area contributed by atoms with Crippen molar-refractivity contribution < 1.29 is 4.74 Å². The number of nitrogens with two attached hydrogens (primary N) is 1. The van der Waals surface area contributed by atoms with Crippen LogP contribution in [0.2, 0.25) is 0 Å². The summed E-state index contributed by atoms with van der Waals surface area (Å²) in [6, 6.07) is 18.9. The molecule has 0 amide bonds. The Morgan fingerprint density at radius 3 is 2.40 bits per heavy atom. The first-order chi connectivity index (χ1) is 9.67. The first kappa shape index (κ1) is 14.6. The van der Waals surface area contributed by atoms with E-state index in [-0.39, 0.29) is 5.54 Å². The Hall–Kier alpha value is -1.80. The lowest BCUT2D eigenvalue weighted by molar-refractivity contribution is 0.384. The quantitative estimate of drug-likeness (QED) is 0.846. The third kappa shape index (κ3) is 3.61. The zero-order valence-electron chi connectivity index (χ0n) is 12.2. The standard InChI is InChI=1S/C18H22NO/c1-3-18(19,4-2)14-15-10-8-9-13-17(15)20-16-11-6-5-7-12-16/h5-12H,3-4,14,19H2,1-2H3. The minimum absolute atomic E-state index is 0.177. The maximum absolute atomic E-state index is 6.42. The molecule has 2 nitrogen and oxygen atoms in total. The molecule has 0 heterocycles. The smallest absolute Gasteiger partial charge is 0.138 e. The fourth-order valence-corrected chi connectivity index (χ4v) is 2.18. The summed E-state index contributed by atoms with van der Waals surface area (Å²) in [5, 5.41) is 0. The van der Waals surface area contributed by atoms with E-state index in [1.165, 1.54) is 0 Å². The first-order valence-corrected chi connectivity index (χ1v) is 7.18. The number of hydrogen-bond donors (Lipinski definition) is 1. The highest BCUT2D eigenvalue weighted by molar-refractivity contribution is 5.37. The van der Waals surface area contributed by atoms with E-state index in [2.05, 4.69) is 26.0 Å². The van der Waals surface area contributed by atoms with Crippen molar-refractivity contribution >= 4 is 0 Å². The maximum atomic E-state index is 6.42. The molecule has 0 aliphatic heterocycles. The number of ether oxygens (including phenoxy) is 1. The maximum Gasteiger partial charge on any atom is 0.138 e. The van der Waals surface area contributed by atoms with Crippen molar-refractivity contribution in [1.82, 2.24) is 0 Å². The molecule has 2 N–H and O–H groups in total. The third-order valence-corrected chi connectivity index (χ3v) is 3.81. The number of rotatable bonds is 6. The third-order valence-electron chi connectivity index (χ3n) is 3.81. The van der Waals surface area contributed by atoms with Crippen molar-refractivity contribution in [2.75, 3.05) is 0 Å². The Bertz CT molecular complexity index is 532. The predicted molar refractivity (Wildman–Crippen MR) is 83.0 cm³/mol. The second-order valence-corrected chi connectivity index (χ2v) is 5.19. The van der Waals surface area contributed by atoms with Gasteiger partial charge in [0, 0.05) is 11.6 Å². The van der Waals surface area contributed by atoms with Gasteiger partial charge in [0.25, 0.3) is 0 Å². The Morgan fingerprint density at radius 1 is 1.05 bits per heavy atom. The fraction of sp³-hybridized carbons (Fsp3) is 0.333. The van der Waals surface area contributed by atoms with Gasteiger partial charge in [-0.25, -0.2) is 0 Å². The molecule has 0 unspecified atom stereocenters. The molecule has 0 fully saturated rings. The number of benzene rings is 2. The van der Waals surface area contributed by atoms with E-state index in [1.54, 1.807) is 0 Å². The van der Waals surface area contributed by atoms with Gasteiger partial charge in [-0.05, 0) is 37.0 Å². The molecule has 0 atom stereocenters. The van der Waals surface area contributed by atoms with Crippen molar-refractivity contribution in [3.05, 3.63) is 60.2 Å². The van der Waals surface area contributed by atoms with Crippen molar-refractivity contribution in [3.63, 3.8) is 0 Å². The van der Waals surface area contributed by atoms with Crippen LogP contribution >= 0.6 is 0 Å². The molecule has 1 radical (unpaired) electrons. The second-order valence-electron chi connectivity index (χ2n) is 5.19. The molecule has 0 aliphatic carbocycles. The Labute approximate surface area is 121 Å². The Kier molecular flexibility index (Phi) is 4.80. The first-order valence-electron chi connectivity index (χ1n) is 7.18. The van der Waals surface area contributed by atoms with Crippen LogP contribution in [0.3, 0.4) is 0 Å². The predicted octanol–water partition coefficient (Wildman–Crippen LogP) is 4.34. The highest BCUT2D eigenvalue weighted by Crippen LogP contribution is 2.28. The summed E-state index contributed by atoms with van der Waals surface area (Å²) in [4.78, 5) is 0. The minimum atomic E-state index is -0.177. The minimum Gasteiger partial charge on any atom is -0.456 e. The van der Waals surface area contributed by atoms with Crippen LogP contribution in [0.25, 0.3) is 0 Å². The highest BCUT2D eigenvalue weighted by atomic mass is 16.5. The molecular weight excluding hydrogens is 246 g/mol. The van der Waals surface area contributed by atoms with Gasteiger partial charge >= 0.3 is 0 Å². The molecular formula is C18H22NO. The summed E-state index contributed by atoms with van der Waals surface area (Å²) >= 11 is 0. The Morgan fingerprint density at radius 2 is 1.75 bits per heavy atom. The summed E-state index contributed by atoms with van der Waals surface area (Å²) in [7, 11) is 0. The lowest BCUT2D eigenvalue weighted by Gasteiger charge is -2.27. The molecule has 20 heavy (non-hydrogen) atoms. The van der Waals surface area contributed by atoms with Crippen molar-refractivity contribution in [3.8, 4) is 11.5 Å². The topological polar surface area (TPSA) is 35.2 Å². The van der Waals surface area contributed by atoms with Crippen molar-refractivity contribution in [2.45, 2.75) is 38.6 Å². The molecule has 0 saturated heterocycles. The summed E-state index contributed by atoms with van der Waals surface area (Å²) in [6.45, 7) is 4.27. The highest BCUT2D eigenvalue weighted by Gasteiger charge is 2.22. The van der Waals surface area contributed by atoms with Crippen LogP contribution in [-0.4, -0.2) is 5.54 Å². The van der Waals surface area contributed by atoms with E-state index in [0.29, 0.717) is 0 Å². The van der Waals surface area contributed by atoms with Crippen LogP contribution in [0, 0.1) is 6.07 Å². The van der Waals surface area contributed by atoms with Crippen LogP contribution in [0.15, 0.2) is 48.5 Å². The van der Waals surface area contributed by atoms with Gasteiger partial charge in [0.1, 0.15) is 11.5 Å². The van der Waals surface area contributed by atoms with Gasteiger partial charge in [0.2, 0.25) is 0 Å². The molecule has 0 saturated carbocycles. The summed E-state index contributed by atoms with van der Waals surface area (Å²) in [6.07, 6.45) is 2.70. The summed E-state index contributed by atoms with van der Waals surface area (Å²) in [5.74, 6) is 1.60. The molecule has 0 aromatic heterocycles. The monoisotopic (exact) mass is 268 g/mol. The van der Waals surface area contributed by atoms with Gasteiger partial charge in [-0.2, -0.15) is 0 Å². The average molecular weight is 268 g/mol. The molecule has 0 bridgehead atoms. The van der Waals surface area contributed by atoms with Gasteiger partial charge < -0.3 is 10.5 Å². The molecule has 105 valence electrons. The van der Waals surface area contributed by atoms with E-state index >= 15 is 0 Å². The van der Waals surface area contributed by atoms with Crippen molar-refractivity contribution in [2.24, 2.45) is 5.73 Å². The molecule has 2 aromatic carbocycles. The lowest BCUT2D eigenvalue weighted by Crippen LogP contribution is -2.40. The summed E-state index contributed by atoms with van der Waals surface area (Å²) in [5.41, 5.74) is 7.36. The molecule has 2 aromatic rings. The van der Waals surface area contributed by atoms with Crippen molar-refractivity contribution in [1.29, 1.82) is 0 Å². The van der Waals surface area contributed by atoms with Crippen LogP contribution in [0.4, 0.5) is 0 Å². The van der Waals surface area contributed by atoms with E-state index in [4.69, 9.17) is 10.5 Å². The normalized spacial score (nSPS) is 11.3.